The first-order chi connectivity index (χ1) is 7.86. The van der Waals surface area contributed by atoms with Crippen LogP contribution in [0.25, 0.3) is 11.1 Å². The van der Waals surface area contributed by atoms with Crippen LogP contribution in [0.3, 0.4) is 0 Å². The van der Waals surface area contributed by atoms with Gasteiger partial charge in [-0.1, -0.05) is 18.2 Å². The van der Waals surface area contributed by atoms with E-state index in [4.69, 9.17) is 5.26 Å². The maximum absolute atomic E-state index is 9.22. The van der Waals surface area contributed by atoms with Crippen molar-refractivity contribution in [2.45, 2.75) is 6.61 Å². The fourth-order valence-electron chi connectivity index (χ4n) is 1.63. The first-order valence-electron chi connectivity index (χ1n) is 4.90. The van der Waals surface area contributed by atoms with Gasteiger partial charge < -0.3 is 5.11 Å². The molecular weight excluding hydrogens is 200 g/mol. The molecule has 0 atom stereocenters. The number of pyridine rings is 1. The van der Waals surface area contributed by atoms with Gasteiger partial charge in [-0.3, -0.25) is 4.98 Å². The van der Waals surface area contributed by atoms with Gasteiger partial charge in [0.1, 0.15) is 0 Å². The largest absolute Gasteiger partial charge is 0.392 e. The fourth-order valence-corrected chi connectivity index (χ4v) is 1.63. The Hall–Kier alpha value is -2.18. The van der Waals surface area contributed by atoms with E-state index >= 15 is 0 Å². The van der Waals surface area contributed by atoms with Crippen LogP contribution in [0.5, 0.6) is 0 Å². The van der Waals surface area contributed by atoms with Crippen LogP contribution in [0.15, 0.2) is 42.7 Å². The lowest BCUT2D eigenvalue weighted by atomic mass is 9.98. The highest BCUT2D eigenvalue weighted by molar-refractivity contribution is 5.72. The monoisotopic (exact) mass is 210 g/mol. The standard InChI is InChI=1S/C13H10N2O/c14-7-10-3-1-2-4-12(10)13-5-6-15-8-11(13)9-16/h1-6,8,16H,9H2. The normalized spacial score (nSPS) is 9.75. The number of nitriles is 1. The summed E-state index contributed by atoms with van der Waals surface area (Å²) >= 11 is 0. The van der Waals surface area contributed by atoms with Crippen LogP contribution in [0.1, 0.15) is 11.1 Å². The SMILES string of the molecule is N#Cc1ccccc1-c1ccncc1CO. The molecule has 1 N–H and O–H groups in total. The number of aromatic nitrogens is 1. The summed E-state index contributed by atoms with van der Waals surface area (Å²) in [4.78, 5) is 3.95. The van der Waals surface area contributed by atoms with Gasteiger partial charge in [-0.2, -0.15) is 5.26 Å². The molecule has 0 aliphatic carbocycles. The van der Waals surface area contributed by atoms with Gasteiger partial charge in [0.05, 0.1) is 18.2 Å². The molecule has 0 radical (unpaired) electrons. The highest BCUT2D eigenvalue weighted by Gasteiger charge is 2.07. The summed E-state index contributed by atoms with van der Waals surface area (Å²) in [5, 5.41) is 18.2. The van der Waals surface area contributed by atoms with E-state index in [-0.39, 0.29) is 6.61 Å². The number of aliphatic hydroxyl groups is 1. The third-order valence-corrected chi connectivity index (χ3v) is 2.41. The third-order valence-electron chi connectivity index (χ3n) is 2.41. The van der Waals surface area contributed by atoms with E-state index in [0.717, 1.165) is 16.7 Å². The van der Waals surface area contributed by atoms with Gasteiger partial charge in [0, 0.05) is 18.0 Å². The smallest absolute Gasteiger partial charge is 0.0998 e. The molecule has 16 heavy (non-hydrogen) atoms. The molecule has 1 aromatic heterocycles. The van der Waals surface area contributed by atoms with Crippen molar-refractivity contribution < 1.29 is 5.11 Å². The second kappa shape index (κ2) is 4.56. The van der Waals surface area contributed by atoms with Gasteiger partial charge in [-0.25, -0.2) is 0 Å². The van der Waals surface area contributed by atoms with Gasteiger partial charge >= 0.3 is 0 Å². The molecule has 0 fully saturated rings. The number of hydrogen-bond donors (Lipinski definition) is 1. The number of benzene rings is 1. The minimum Gasteiger partial charge on any atom is -0.392 e. The van der Waals surface area contributed by atoms with E-state index in [1.807, 2.05) is 24.3 Å². The second-order valence-corrected chi connectivity index (χ2v) is 3.35. The van der Waals surface area contributed by atoms with Crippen molar-refractivity contribution in [3.8, 4) is 17.2 Å². The van der Waals surface area contributed by atoms with Gasteiger partial charge in [-0.05, 0) is 23.3 Å². The van der Waals surface area contributed by atoms with E-state index < -0.39 is 0 Å². The van der Waals surface area contributed by atoms with Crippen molar-refractivity contribution in [3.63, 3.8) is 0 Å². The summed E-state index contributed by atoms with van der Waals surface area (Å²) in [5.74, 6) is 0. The van der Waals surface area contributed by atoms with Crippen molar-refractivity contribution in [3.05, 3.63) is 53.9 Å². The molecule has 1 aromatic carbocycles. The molecule has 0 saturated heterocycles. The summed E-state index contributed by atoms with van der Waals surface area (Å²) in [5.41, 5.74) is 3.01. The van der Waals surface area contributed by atoms with E-state index in [9.17, 15) is 5.11 Å². The molecule has 0 aliphatic heterocycles. The molecule has 0 spiro atoms. The summed E-state index contributed by atoms with van der Waals surface area (Å²) < 4.78 is 0. The lowest BCUT2D eigenvalue weighted by Gasteiger charge is -2.07. The lowest BCUT2D eigenvalue weighted by molar-refractivity contribution is 0.282. The molecular formula is C13H10N2O. The van der Waals surface area contributed by atoms with Crippen LogP contribution in [0, 0.1) is 11.3 Å². The predicted octanol–water partition coefficient (Wildman–Crippen LogP) is 2.11. The molecule has 78 valence electrons. The average molecular weight is 210 g/mol. The van der Waals surface area contributed by atoms with Crippen LogP contribution in [0.4, 0.5) is 0 Å². The first-order valence-corrected chi connectivity index (χ1v) is 4.90. The molecule has 2 aromatic rings. The number of aliphatic hydroxyl groups excluding tert-OH is 1. The molecule has 3 nitrogen and oxygen atoms in total. The molecule has 1 heterocycles. The zero-order valence-electron chi connectivity index (χ0n) is 8.59. The average Bonchev–Trinajstić information content (AvgIpc) is 2.38. The molecule has 2 rings (SSSR count). The maximum Gasteiger partial charge on any atom is 0.0998 e. The maximum atomic E-state index is 9.22. The van der Waals surface area contributed by atoms with Gasteiger partial charge in [0.25, 0.3) is 0 Å². The van der Waals surface area contributed by atoms with Gasteiger partial charge in [-0.15, -0.1) is 0 Å². The Morgan fingerprint density at radius 1 is 1.19 bits per heavy atom. The highest BCUT2D eigenvalue weighted by atomic mass is 16.3. The summed E-state index contributed by atoms with van der Waals surface area (Å²) in [6.07, 6.45) is 3.27. The first kappa shape index (κ1) is 10.3. The molecule has 3 heteroatoms. The topological polar surface area (TPSA) is 56.9 Å². The Balaban J connectivity index is 2.64. The van der Waals surface area contributed by atoms with Crippen molar-refractivity contribution in [2.75, 3.05) is 0 Å². The van der Waals surface area contributed by atoms with Crippen LogP contribution < -0.4 is 0 Å². The van der Waals surface area contributed by atoms with Crippen LogP contribution in [-0.2, 0) is 6.61 Å². The van der Waals surface area contributed by atoms with Crippen molar-refractivity contribution in [1.29, 1.82) is 5.26 Å². The minimum absolute atomic E-state index is 0.0804. The Morgan fingerprint density at radius 3 is 2.75 bits per heavy atom. The van der Waals surface area contributed by atoms with E-state index in [0.29, 0.717) is 5.56 Å². The molecule has 0 bridgehead atoms. The summed E-state index contributed by atoms with van der Waals surface area (Å²) in [6, 6.07) is 11.3. The number of nitrogens with zero attached hydrogens (tertiary/aromatic N) is 2. The Kier molecular flexibility index (Phi) is 2.95. The van der Waals surface area contributed by atoms with Gasteiger partial charge in [0.15, 0.2) is 0 Å². The fraction of sp³-hybridized carbons (Fsp3) is 0.0769. The Morgan fingerprint density at radius 2 is 2.00 bits per heavy atom. The van der Waals surface area contributed by atoms with Crippen molar-refractivity contribution >= 4 is 0 Å². The van der Waals surface area contributed by atoms with Gasteiger partial charge in [0.2, 0.25) is 0 Å². The predicted molar refractivity (Wildman–Crippen MR) is 60.3 cm³/mol. The number of rotatable bonds is 2. The quantitative estimate of drug-likeness (QED) is 0.825. The minimum atomic E-state index is -0.0804. The van der Waals surface area contributed by atoms with E-state index in [1.165, 1.54) is 0 Å². The highest BCUT2D eigenvalue weighted by Crippen LogP contribution is 2.25. The van der Waals surface area contributed by atoms with Crippen LogP contribution in [-0.4, -0.2) is 10.1 Å². The third kappa shape index (κ3) is 1.79. The molecule has 0 unspecified atom stereocenters. The lowest BCUT2D eigenvalue weighted by Crippen LogP contribution is -1.92. The zero-order chi connectivity index (χ0) is 11.4. The van der Waals surface area contributed by atoms with Crippen LogP contribution in [0.2, 0.25) is 0 Å². The Labute approximate surface area is 93.6 Å². The summed E-state index contributed by atoms with van der Waals surface area (Å²) in [6.45, 7) is -0.0804. The van der Waals surface area contributed by atoms with Crippen LogP contribution >= 0.6 is 0 Å². The zero-order valence-corrected chi connectivity index (χ0v) is 8.59. The second-order valence-electron chi connectivity index (χ2n) is 3.35. The summed E-state index contributed by atoms with van der Waals surface area (Å²) in [7, 11) is 0. The molecule has 0 saturated carbocycles. The molecule has 0 amide bonds. The van der Waals surface area contributed by atoms with Crippen molar-refractivity contribution in [2.24, 2.45) is 0 Å². The van der Waals surface area contributed by atoms with E-state index in [1.54, 1.807) is 18.5 Å². The van der Waals surface area contributed by atoms with Crippen molar-refractivity contribution in [1.82, 2.24) is 4.98 Å². The molecule has 0 aliphatic rings. The Bertz CT molecular complexity index is 544. The van der Waals surface area contributed by atoms with E-state index in [2.05, 4.69) is 11.1 Å². The number of hydrogen-bond acceptors (Lipinski definition) is 3.